The molecule has 0 aliphatic carbocycles. The van der Waals surface area contributed by atoms with Crippen LogP contribution >= 0.6 is 0 Å². The summed E-state index contributed by atoms with van der Waals surface area (Å²) in [5.41, 5.74) is 6.40. The molecule has 2 aromatic rings. The average Bonchev–Trinajstić information content (AvgIpc) is 2.84. The maximum atomic E-state index is 5.72. The summed E-state index contributed by atoms with van der Waals surface area (Å²) in [5.74, 6) is 1.05. The molecule has 1 atom stereocenters. The van der Waals surface area contributed by atoms with E-state index in [1.165, 1.54) is 12.8 Å². The van der Waals surface area contributed by atoms with Crippen LogP contribution in [0.25, 0.3) is 11.0 Å². The standard InChI is InChI=1S/C13H22N6/c1-3-5-7-9(6-4-2)16-11-10-8-15-19-12(10)18-13(14)17-11/h8-9H,3-7H2,1-2H3,(H4,14,15,16,17,18,19). The molecule has 1 unspecified atom stereocenters. The Morgan fingerprint density at radius 3 is 2.84 bits per heavy atom. The van der Waals surface area contributed by atoms with Crippen molar-refractivity contribution in [3.05, 3.63) is 6.20 Å². The number of hydrogen-bond donors (Lipinski definition) is 3. The van der Waals surface area contributed by atoms with Crippen molar-refractivity contribution in [2.75, 3.05) is 11.1 Å². The first-order chi connectivity index (χ1) is 9.24. The third-order valence-corrected chi connectivity index (χ3v) is 3.21. The molecule has 0 bridgehead atoms. The molecule has 0 spiro atoms. The van der Waals surface area contributed by atoms with E-state index in [-0.39, 0.29) is 5.95 Å². The zero-order chi connectivity index (χ0) is 13.7. The molecule has 0 aliphatic heterocycles. The molecule has 0 aliphatic rings. The highest BCUT2D eigenvalue weighted by atomic mass is 15.2. The summed E-state index contributed by atoms with van der Waals surface area (Å²) in [6, 6.07) is 0.428. The Labute approximate surface area is 113 Å². The number of aromatic nitrogens is 4. The lowest BCUT2D eigenvalue weighted by molar-refractivity contribution is 0.563. The van der Waals surface area contributed by atoms with E-state index in [4.69, 9.17) is 5.73 Å². The first-order valence-corrected chi connectivity index (χ1v) is 6.97. The van der Waals surface area contributed by atoms with E-state index in [1.807, 2.05) is 0 Å². The second kappa shape index (κ2) is 6.36. The predicted molar refractivity (Wildman–Crippen MR) is 77.9 cm³/mol. The van der Waals surface area contributed by atoms with Gasteiger partial charge in [0.2, 0.25) is 5.95 Å². The van der Waals surface area contributed by atoms with Gasteiger partial charge in [0.05, 0.1) is 11.6 Å². The largest absolute Gasteiger partial charge is 0.368 e. The van der Waals surface area contributed by atoms with E-state index in [0.717, 1.165) is 30.5 Å². The van der Waals surface area contributed by atoms with E-state index < -0.39 is 0 Å². The summed E-state index contributed by atoms with van der Waals surface area (Å²) in [6.45, 7) is 4.41. The topological polar surface area (TPSA) is 92.5 Å². The number of nitrogens with one attached hydrogen (secondary N) is 2. The third kappa shape index (κ3) is 3.33. The fourth-order valence-electron chi connectivity index (χ4n) is 2.24. The van der Waals surface area contributed by atoms with Crippen LogP contribution in [-0.2, 0) is 0 Å². The van der Waals surface area contributed by atoms with Gasteiger partial charge < -0.3 is 11.1 Å². The molecule has 0 saturated carbocycles. The number of anilines is 2. The second-order valence-corrected chi connectivity index (χ2v) is 4.83. The van der Waals surface area contributed by atoms with Gasteiger partial charge >= 0.3 is 0 Å². The minimum absolute atomic E-state index is 0.269. The predicted octanol–water partition coefficient (Wildman–Crippen LogP) is 2.71. The van der Waals surface area contributed by atoms with E-state index in [9.17, 15) is 0 Å². The Bertz CT molecular complexity index is 521. The van der Waals surface area contributed by atoms with Gasteiger partial charge in [-0.3, -0.25) is 5.10 Å². The molecule has 104 valence electrons. The lowest BCUT2D eigenvalue weighted by atomic mass is 10.1. The molecule has 0 radical (unpaired) electrons. The molecular weight excluding hydrogens is 240 g/mol. The van der Waals surface area contributed by atoms with Crippen LogP contribution in [0.4, 0.5) is 11.8 Å². The van der Waals surface area contributed by atoms with E-state index >= 15 is 0 Å². The summed E-state index contributed by atoms with van der Waals surface area (Å²) in [4.78, 5) is 8.42. The Morgan fingerprint density at radius 1 is 1.26 bits per heavy atom. The summed E-state index contributed by atoms with van der Waals surface area (Å²) in [5, 5.41) is 11.2. The van der Waals surface area contributed by atoms with Gasteiger partial charge in [0.25, 0.3) is 0 Å². The highest BCUT2D eigenvalue weighted by molar-refractivity contribution is 5.86. The van der Waals surface area contributed by atoms with Gasteiger partial charge in [-0.05, 0) is 12.8 Å². The van der Waals surface area contributed by atoms with Crippen molar-refractivity contribution in [1.82, 2.24) is 20.2 Å². The fraction of sp³-hybridized carbons (Fsp3) is 0.615. The summed E-state index contributed by atoms with van der Waals surface area (Å²) in [7, 11) is 0. The van der Waals surface area contributed by atoms with Crippen molar-refractivity contribution < 1.29 is 0 Å². The number of nitrogens with two attached hydrogens (primary N) is 1. The molecule has 2 aromatic heterocycles. The van der Waals surface area contributed by atoms with Crippen LogP contribution in [0.2, 0.25) is 0 Å². The van der Waals surface area contributed by atoms with Crippen LogP contribution in [0.5, 0.6) is 0 Å². The number of unbranched alkanes of at least 4 members (excludes halogenated alkanes) is 1. The van der Waals surface area contributed by atoms with Crippen molar-refractivity contribution in [2.24, 2.45) is 0 Å². The highest BCUT2D eigenvalue weighted by Crippen LogP contribution is 2.21. The Hall–Kier alpha value is -1.85. The molecule has 6 heteroatoms. The zero-order valence-electron chi connectivity index (χ0n) is 11.6. The molecule has 0 amide bonds. The van der Waals surface area contributed by atoms with E-state index in [1.54, 1.807) is 6.20 Å². The number of nitrogen functional groups attached to an aromatic ring is 1. The maximum Gasteiger partial charge on any atom is 0.224 e. The first-order valence-electron chi connectivity index (χ1n) is 6.97. The molecule has 4 N–H and O–H groups in total. The van der Waals surface area contributed by atoms with Gasteiger partial charge in [0, 0.05) is 6.04 Å². The first kappa shape index (κ1) is 13.6. The van der Waals surface area contributed by atoms with Crippen LogP contribution in [0.1, 0.15) is 46.0 Å². The van der Waals surface area contributed by atoms with Gasteiger partial charge in [-0.15, -0.1) is 0 Å². The van der Waals surface area contributed by atoms with E-state index in [0.29, 0.717) is 11.7 Å². The number of H-pyrrole nitrogens is 1. The summed E-state index contributed by atoms with van der Waals surface area (Å²) in [6.07, 6.45) is 7.58. The number of rotatable bonds is 7. The molecule has 6 nitrogen and oxygen atoms in total. The lowest BCUT2D eigenvalue weighted by Gasteiger charge is -2.18. The van der Waals surface area contributed by atoms with Crippen LogP contribution in [0.15, 0.2) is 6.20 Å². The van der Waals surface area contributed by atoms with Crippen LogP contribution < -0.4 is 11.1 Å². The second-order valence-electron chi connectivity index (χ2n) is 4.83. The number of hydrogen-bond acceptors (Lipinski definition) is 5. The van der Waals surface area contributed by atoms with Gasteiger partial charge in [0.15, 0.2) is 5.65 Å². The fourth-order valence-corrected chi connectivity index (χ4v) is 2.24. The summed E-state index contributed by atoms with van der Waals surface area (Å²) < 4.78 is 0. The minimum Gasteiger partial charge on any atom is -0.368 e. The van der Waals surface area contributed by atoms with E-state index in [2.05, 4.69) is 39.3 Å². The third-order valence-electron chi connectivity index (χ3n) is 3.21. The van der Waals surface area contributed by atoms with Crippen molar-refractivity contribution in [1.29, 1.82) is 0 Å². The number of aromatic amines is 1. The van der Waals surface area contributed by atoms with Crippen molar-refractivity contribution in [3.63, 3.8) is 0 Å². The normalized spacial score (nSPS) is 12.7. The smallest absolute Gasteiger partial charge is 0.224 e. The minimum atomic E-state index is 0.269. The lowest BCUT2D eigenvalue weighted by Crippen LogP contribution is -2.20. The molecular formula is C13H22N6. The SMILES string of the molecule is CCCCC(CCC)Nc1nc(N)nc2[nH]ncc12. The van der Waals surface area contributed by atoms with Gasteiger partial charge in [-0.2, -0.15) is 15.1 Å². The maximum absolute atomic E-state index is 5.72. The Balaban J connectivity index is 2.19. The highest BCUT2D eigenvalue weighted by Gasteiger charge is 2.12. The Morgan fingerprint density at radius 2 is 2.11 bits per heavy atom. The zero-order valence-corrected chi connectivity index (χ0v) is 11.6. The van der Waals surface area contributed by atoms with Crippen LogP contribution in [0.3, 0.4) is 0 Å². The van der Waals surface area contributed by atoms with Gasteiger partial charge in [-0.1, -0.05) is 33.1 Å². The quantitative estimate of drug-likeness (QED) is 0.713. The molecule has 0 saturated heterocycles. The van der Waals surface area contributed by atoms with Gasteiger partial charge in [-0.25, -0.2) is 0 Å². The van der Waals surface area contributed by atoms with Crippen LogP contribution in [0, 0.1) is 0 Å². The van der Waals surface area contributed by atoms with Crippen molar-refractivity contribution >= 4 is 22.8 Å². The molecule has 0 fully saturated rings. The average molecular weight is 262 g/mol. The molecule has 19 heavy (non-hydrogen) atoms. The number of fused-ring (bicyclic) bond motifs is 1. The van der Waals surface area contributed by atoms with Crippen LogP contribution in [-0.4, -0.2) is 26.2 Å². The van der Waals surface area contributed by atoms with Crippen molar-refractivity contribution in [2.45, 2.75) is 52.0 Å². The summed E-state index contributed by atoms with van der Waals surface area (Å²) >= 11 is 0. The Kier molecular flexibility index (Phi) is 4.54. The molecule has 2 heterocycles. The van der Waals surface area contributed by atoms with Crippen molar-refractivity contribution in [3.8, 4) is 0 Å². The molecule has 2 rings (SSSR count). The number of nitrogens with zero attached hydrogens (tertiary/aromatic N) is 3. The monoisotopic (exact) mass is 262 g/mol. The van der Waals surface area contributed by atoms with Gasteiger partial charge in [0.1, 0.15) is 5.82 Å². The molecule has 0 aromatic carbocycles.